The molecule has 0 radical (unpaired) electrons. The summed E-state index contributed by atoms with van der Waals surface area (Å²) in [5.74, 6) is -1.06. The number of carboxylic acids is 1. The molecule has 0 spiro atoms. The van der Waals surface area contributed by atoms with Crippen LogP contribution in [-0.2, 0) is 9.59 Å². The second kappa shape index (κ2) is 7.20. The molecule has 0 aromatic heterocycles. The van der Waals surface area contributed by atoms with Crippen LogP contribution in [0.1, 0.15) is 13.8 Å². The van der Waals surface area contributed by atoms with Gasteiger partial charge in [0.05, 0.1) is 16.2 Å². The van der Waals surface area contributed by atoms with Gasteiger partial charge in [-0.05, 0) is 32.0 Å². The largest absolute Gasteiger partial charge is 0.481 e. The molecule has 7 heteroatoms. The van der Waals surface area contributed by atoms with Gasteiger partial charge in [0.2, 0.25) is 5.91 Å². The van der Waals surface area contributed by atoms with Crippen LogP contribution in [0.4, 0.5) is 0 Å². The van der Waals surface area contributed by atoms with Crippen molar-refractivity contribution in [2.45, 2.75) is 18.7 Å². The zero-order valence-electron chi connectivity index (χ0n) is 11.1. The summed E-state index contributed by atoms with van der Waals surface area (Å²) in [6.07, 6.45) is 0. The Hall–Kier alpha value is -0.910. The average molecular weight is 336 g/mol. The monoisotopic (exact) mass is 335 g/mol. The molecule has 1 aromatic rings. The topological polar surface area (TPSA) is 66.4 Å². The van der Waals surface area contributed by atoms with E-state index in [1.165, 1.54) is 11.8 Å². The Morgan fingerprint density at radius 2 is 2.00 bits per heavy atom. The smallest absolute Gasteiger partial charge is 0.310 e. The van der Waals surface area contributed by atoms with Gasteiger partial charge in [0.25, 0.3) is 0 Å². The molecular weight excluding hydrogens is 321 g/mol. The van der Waals surface area contributed by atoms with Crippen LogP contribution < -0.4 is 5.32 Å². The van der Waals surface area contributed by atoms with Crippen molar-refractivity contribution in [1.29, 1.82) is 0 Å². The third-order valence-electron chi connectivity index (χ3n) is 2.56. The van der Waals surface area contributed by atoms with Gasteiger partial charge in [-0.25, -0.2) is 0 Å². The Kier molecular flexibility index (Phi) is 6.17. The van der Waals surface area contributed by atoms with Crippen LogP contribution in [-0.4, -0.2) is 29.3 Å². The maximum atomic E-state index is 11.7. The number of carbonyl (C=O) groups excluding carboxylic acids is 1. The lowest BCUT2D eigenvalue weighted by Crippen LogP contribution is -2.39. The van der Waals surface area contributed by atoms with Crippen LogP contribution in [0.15, 0.2) is 23.1 Å². The molecule has 0 unspecified atom stereocenters. The highest BCUT2D eigenvalue weighted by Gasteiger charge is 2.27. The van der Waals surface area contributed by atoms with Gasteiger partial charge in [-0.1, -0.05) is 23.2 Å². The van der Waals surface area contributed by atoms with Gasteiger partial charge in [0.1, 0.15) is 0 Å². The number of nitrogens with one attached hydrogen (secondary N) is 1. The molecule has 0 saturated heterocycles. The Morgan fingerprint density at radius 1 is 1.35 bits per heavy atom. The van der Waals surface area contributed by atoms with E-state index in [4.69, 9.17) is 28.3 Å². The highest BCUT2D eigenvalue weighted by atomic mass is 35.5. The predicted octanol–water partition coefficient (Wildman–Crippen LogP) is 3.31. The zero-order valence-corrected chi connectivity index (χ0v) is 13.4. The van der Waals surface area contributed by atoms with Crippen molar-refractivity contribution in [2.75, 3.05) is 12.3 Å². The molecule has 1 aromatic carbocycles. The molecule has 20 heavy (non-hydrogen) atoms. The molecule has 0 atom stereocenters. The summed E-state index contributed by atoms with van der Waals surface area (Å²) in [4.78, 5) is 23.3. The molecule has 4 nitrogen and oxygen atoms in total. The first-order chi connectivity index (χ1) is 9.22. The number of carbonyl (C=O) groups is 2. The second-order valence-electron chi connectivity index (χ2n) is 4.83. The molecule has 110 valence electrons. The number of hydrogen-bond donors (Lipinski definition) is 2. The lowest BCUT2D eigenvalue weighted by molar-refractivity contribution is -0.146. The summed E-state index contributed by atoms with van der Waals surface area (Å²) >= 11 is 13.1. The van der Waals surface area contributed by atoms with Crippen molar-refractivity contribution in [2.24, 2.45) is 5.41 Å². The van der Waals surface area contributed by atoms with E-state index in [0.717, 1.165) is 0 Å². The minimum Gasteiger partial charge on any atom is -0.481 e. The highest BCUT2D eigenvalue weighted by molar-refractivity contribution is 8.00. The number of amides is 1. The van der Waals surface area contributed by atoms with E-state index in [0.29, 0.717) is 14.9 Å². The van der Waals surface area contributed by atoms with Gasteiger partial charge in [0, 0.05) is 16.5 Å². The van der Waals surface area contributed by atoms with Crippen LogP contribution in [0.25, 0.3) is 0 Å². The van der Waals surface area contributed by atoms with Gasteiger partial charge in [-0.3, -0.25) is 9.59 Å². The van der Waals surface area contributed by atoms with E-state index in [1.807, 2.05) is 0 Å². The zero-order chi connectivity index (χ0) is 15.3. The summed E-state index contributed by atoms with van der Waals surface area (Å²) in [6.45, 7) is 3.18. The van der Waals surface area contributed by atoms with Crippen LogP contribution >= 0.6 is 35.0 Å². The lowest BCUT2D eigenvalue weighted by atomic mass is 9.94. The minimum atomic E-state index is -0.992. The number of hydrogen-bond acceptors (Lipinski definition) is 3. The molecule has 0 aliphatic heterocycles. The standard InChI is InChI=1S/C13H15Cl2NO3S/c1-13(2,12(18)19)7-16-11(17)6-20-10-5-8(14)3-4-9(10)15/h3-5H,6-7H2,1-2H3,(H,16,17)(H,18,19). The number of halogens is 2. The molecule has 0 bridgehead atoms. The van der Waals surface area contributed by atoms with Gasteiger partial charge in [-0.15, -0.1) is 11.8 Å². The average Bonchev–Trinajstić information content (AvgIpc) is 2.37. The SMILES string of the molecule is CC(C)(CNC(=O)CSc1cc(Cl)ccc1Cl)C(=O)O. The summed E-state index contributed by atoms with van der Waals surface area (Å²) in [7, 11) is 0. The van der Waals surface area contributed by atoms with Gasteiger partial charge < -0.3 is 10.4 Å². The molecule has 0 heterocycles. The van der Waals surface area contributed by atoms with Gasteiger partial charge in [0.15, 0.2) is 0 Å². The Labute approximate surface area is 131 Å². The Morgan fingerprint density at radius 3 is 2.60 bits per heavy atom. The van der Waals surface area contributed by atoms with E-state index in [9.17, 15) is 9.59 Å². The van der Waals surface area contributed by atoms with E-state index < -0.39 is 11.4 Å². The molecule has 1 amide bonds. The molecule has 2 N–H and O–H groups in total. The number of rotatable bonds is 6. The molecule has 1 rings (SSSR count). The summed E-state index contributed by atoms with van der Waals surface area (Å²) in [5.41, 5.74) is -0.992. The number of thioether (sulfide) groups is 1. The number of aliphatic carboxylic acids is 1. The van der Waals surface area contributed by atoms with Crippen molar-refractivity contribution in [3.8, 4) is 0 Å². The van der Waals surface area contributed by atoms with Crippen molar-refractivity contribution in [3.63, 3.8) is 0 Å². The lowest BCUT2D eigenvalue weighted by Gasteiger charge is -2.19. The fourth-order valence-electron chi connectivity index (χ4n) is 1.18. The Bertz CT molecular complexity index is 520. The fraction of sp³-hybridized carbons (Fsp3) is 0.385. The maximum Gasteiger partial charge on any atom is 0.310 e. The molecule has 0 aliphatic rings. The maximum absolute atomic E-state index is 11.7. The number of carboxylic acid groups (broad SMARTS) is 1. The molecule has 0 aliphatic carbocycles. The third-order valence-corrected chi connectivity index (χ3v) is 4.29. The van der Waals surface area contributed by atoms with Gasteiger partial charge >= 0.3 is 5.97 Å². The van der Waals surface area contributed by atoms with Crippen LogP contribution in [0.2, 0.25) is 10.0 Å². The van der Waals surface area contributed by atoms with Crippen LogP contribution in [0, 0.1) is 5.41 Å². The summed E-state index contributed by atoms with van der Waals surface area (Å²) in [6, 6.07) is 5.02. The van der Waals surface area contributed by atoms with E-state index in [2.05, 4.69) is 5.32 Å². The summed E-state index contributed by atoms with van der Waals surface area (Å²) < 4.78 is 0. The van der Waals surface area contributed by atoms with Crippen LogP contribution in [0.5, 0.6) is 0 Å². The normalized spacial score (nSPS) is 11.2. The molecule has 0 fully saturated rings. The van der Waals surface area contributed by atoms with E-state index in [1.54, 1.807) is 32.0 Å². The molecule has 0 saturated carbocycles. The van der Waals surface area contributed by atoms with Crippen molar-refractivity contribution >= 4 is 46.8 Å². The third kappa shape index (κ3) is 5.23. The predicted molar refractivity (Wildman–Crippen MR) is 81.6 cm³/mol. The van der Waals surface area contributed by atoms with E-state index >= 15 is 0 Å². The molecular formula is C13H15Cl2NO3S. The van der Waals surface area contributed by atoms with Crippen LogP contribution in [0.3, 0.4) is 0 Å². The minimum absolute atomic E-state index is 0.0744. The second-order valence-corrected chi connectivity index (χ2v) is 6.69. The quantitative estimate of drug-likeness (QED) is 0.782. The first-order valence-corrected chi connectivity index (χ1v) is 7.54. The van der Waals surface area contributed by atoms with Crippen molar-refractivity contribution < 1.29 is 14.7 Å². The van der Waals surface area contributed by atoms with Crippen molar-refractivity contribution in [3.05, 3.63) is 28.2 Å². The first kappa shape index (κ1) is 17.1. The van der Waals surface area contributed by atoms with Crippen molar-refractivity contribution in [1.82, 2.24) is 5.32 Å². The van der Waals surface area contributed by atoms with Gasteiger partial charge in [-0.2, -0.15) is 0 Å². The number of benzene rings is 1. The van der Waals surface area contributed by atoms with E-state index in [-0.39, 0.29) is 18.2 Å². The highest BCUT2D eigenvalue weighted by Crippen LogP contribution is 2.29. The Balaban J connectivity index is 2.48. The fourth-order valence-corrected chi connectivity index (χ4v) is 2.50. The summed E-state index contributed by atoms with van der Waals surface area (Å²) in [5, 5.41) is 12.6. The first-order valence-electron chi connectivity index (χ1n) is 5.80.